The predicted octanol–water partition coefficient (Wildman–Crippen LogP) is 7.34. The average molecular weight is 479 g/mol. The van der Waals surface area contributed by atoms with Crippen LogP contribution < -0.4 is 9.47 Å². The van der Waals surface area contributed by atoms with Crippen molar-refractivity contribution < 1.29 is 23.8 Å². The molecule has 5 heteroatoms. The van der Waals surface area contributed by atoms with Crippen LogP contribution in [-0.2, 0) is 16.0 Å². The second-order valence-corrected chi connectivity index (χ2v) is 8.21. The van der Waals surface area contributed by atoms with E-state index in [0.29, 0.717) is 11.3 Å². The Morgan fingerprint density at radius 2 is 1.71 bits per heavy atom. The summed E-state index contributed by atoms with van der Waals surface area (Å²) in [7, 11) is 0. The highest BCUT2D eigenvalue weighted by molar-refractivity contribution is 6.08. The van der Waals surface area contributed by atoms with Crippen LogP contribution in [0.15, 0.2) is 60.4 Å². The molecule has 0 radical (unpaired) electrons. The van der Waals surface area contributed by atoms with Crippen molar-refractivity contribution in [3.8, 4) is 11.5 Å². The van der Waals surface area contributed by atoms with E-state index in [1.54, 1.807) is 31.2 Å². The number of rotatable bonds is 15. The monoisotopic (exact) mass is 478 g/mol. The van der Waals surface area contributed by atoms with E-state index in [1.165, 1.54) is 37.3 Å². The summed E-state index contributed by atoms with van der Waals surface area (Å²) in [6.07, 6.45) is 12.0. The molecule has 0 heterocycles. The summed E-state index contributed by atoms with van der Waals surface area (Å²) in [5, 5.41) is 0. The lowest BCUT2D eigenvalue weighted by atomic mass is 10.0. The Morgan fingerprint density at radius 1 is 0.943 bits per heavy atom. The van der Waals surface area contributed by atoms with Gasteiger partial charge in [0.1, 0.15) is 11.5 Å². The first-order chi connectivity index (χ1) is 17.0. The van der Waals surface area contributed by atoms with E-state index in [1.807, 2.05) is 32.1 Å². The summed E-state index contributed by atoms with van der Waals surface area (Å²) in [6, 6.07) is 13.3. The molecule has 5 nitrogen and oxygen atoms in total. The number of ether oxygens (including phenoxy) is 3. The molecule has 2 aromatic rings. The van der Waals surface area contributed by atoms with Crippen LogP contribution in [0.2, 0.25) is 0 Å². The van der Waals surface area contributed by atoms with Gasteiger partial charge in [-0.2, -0.15) is 0 Å². The fourth-order valence-electron chi connectivity index (χ4n) is 3.53. The zero-order chi connectivity index (χ0) is 25.5. The van der Waals surface area contributed by atoms with Gasteiger partial charge in [-0.3, -0.25) is 4.79 Å². The quantitative estimate of drug-likeness (QED) is 0.0881. The maximum Gasteiger partial charge on any atom is 0.344 e. The smallest absolute Gasteiger partial charge is 0.344 e. The Kier molecular flexibility index (Phi) is 12.4. The van der Waals surface area contributed by atoms with Crippen LogP contribution >= 0.6 is 0 Å². The maximum atomic E-state index is 13.0. The number of hydrogen-bond donors (Lipinski definition) is 0. The number of aryl methyl sites for hydroxylation is 1. The minimum atomic E-state index is -0.495. The molecule has 0 unspecified atom stereocenters. The van der Waals surface area contributed by atoms with E-state index in [2.05, 4.69) is 19.1 Å². The fourth-order valence-corrected chi connectivity index (χ4v) is 3.53. The van der Waals surface area contributed by atoms with Crippen LogP contribution in [-0.4, -0.2) is 25.0 Å². The predicted molar refractivity (Wildman–Crippen MR) is 141 cm³/mol. The molecule has 0 amide bonds. The average Bonchev–Trinajstić information content (AvgIpc) is 2.88. The molecule has 0 saturated heterocycles. The number of carbonyl (C=O) groups excluding carboxylic acids is 2. The lowest BCUT2D eigenvalue weighted by Crippen LogP contribution is -2.15. The van der Waals surface area contributed by atoms with Gasteiger partial charge in [-0.25, -0.2) is 4.79 Å². The zero-order valence-corrected chi connectivity index (χ0v) is 21.5. The molecular weight excluding hydrogens is 440 g/mol. The molecule has 0 atom stereocenters. The first-order valence-electron chi connectivity index (χ1n) is 12.6. The van der Waals surface area contributed by atoms with Crippen molar-refractivity contribution in [2.45, 2.75) is 66.2 Å². The molecular formula is C30H38O5. The van der Waals surface area contributed by atoms with Crippen molar-refractivity contribution in [2.24, 2.45) is 0 Å². The van der Waals surface area contributed by atoms with Crippen molar-refractivity contribution >= 4 is 17.8 Å². The number of hydrogen-bond acceptors (Lipinski definition) is 5. The molecule has 2 aromatic carbocycles. The Hall–Kier alpha value is -3.34. The number of allylic oxidation sites excluding steroid dienone is 3. The molecule has 0 bridgehead atoms. The van der Waals surface area contributed by atoms with Gasteiger partial charge in [0, 0.05) is 12.5 Å². The van der Waals surface area contributed by atoms with Gasteiger partial charge in [-0.1, -0.05) is 63.5 Å². The third-order valence-corrected chi connectivity index (χ3v) is 5.51. The van der Waals surface area contributed by atoms with E-state index in [-0.39, 0.29) is 24.7 Å². The minimum Gasteiger partial charge on any atom is -0.481 e. The largest absolute Gasteiger partial charge is 0.481 e. The molecule has 0 fully saturated rings. The summed E-state index contributed by atoms with van der Waals surface area (Å²) in [4.78, 5) is 24.8. The maximum absolute atomic E-state index is 13.0. The zero-order valence-electron chi connectivity index (χ0n) is 21.5. The molecule has 0 N–H and O–H groups in total. The summed E-state index contributed by atoms with van der Waals surface area (Å²) in [5.41, 5.74) is 2.61. The lowest BCUT2D eigenvalue weighted by molar-refractivity contribution is -0.145. The second kappa shape index (κ2) is 15.5. The van der Waals surface area contributed by atoms with Crippen LogP contribution in [0.25, 0.3) is 6.08 Å². The second-order valence-electron chi connectivity index (χ2n) is 8.21. The normalized spacial score (nSPS) is 11.5. The molecule has 35 heavy (non-hydrogen) atoms. The highest BCUT2D eigenvalue weighted by Crippen LogP contribution is 2.28. The van der Waals surface area contributed by atoms with Crippen LogP contribution in [0.1, 0.15) is 81.3 Å². The fraction of sp³-hybridized carbons (Fsp3) is 0.400. The van der Waals surface area contributed by atoms with E-state index >= 15 is 0 Å². The van der Waals surface area contributed by atoms with Crippen molar-refractivity contribution in [3.05, 3.63) is 77.1 Å². The Bertz CT molecular complexity index is 1000. The van der Waals surface area contributed by atoms with Gasteiger partial charge in [0.15, 0.2) is 12.4 Å². The first-order valence-corrected chi connectivity index (χ1v) is 12.6. The highest BCUT2D eigenvalue weighted by atomic mass is 16.6. The van der Waals surface area contributed by atoms with Gasteiger partial charge in [0.05, 0.1) is 17.9 Å². The van der Waals surface area contributed by atoms with E-state index in [0.717, 1.165) is 24.2 Å². The van der Waals surface area contributed by atoms with Gasteiger partial charge in [-0.05, 0) is 62.1 Å². The lowest BCUT2D eigenvalue weighted by Gasteiger charge is -2.13. The number of ketones is 1. The van der Waals surface area contributed by atoms with Gasteiger partial charge < -0.3 is 14.2 Å². The van der Waals surface area contributed by atoms with Gasteiger partial charge in [0.25, 0.3) is 0 Å². The molecule has 0 aliphatic carbocycles. The standard InChI is InChI=1S/C30H38O5/c1-5-9-10-11-12-23-13-15-24(16-14-23)17-20-28(31)27-19-18-26(35-25(6-2)7-3)21-29(27)34-22-30(32)33-8-4/h6,13-21H,5,7-12,22H2,1-4H3. The Labute approximate surface area is 209 Å². The molecule has 0 saturated carbocycles. The third-order valence-electron chi connectivity index (χ3n) is 5.51. The number of unbranched alkanes of at least 4 members (excludes halogenated alkanes) is 3. The number of benzene rings is 2. The van der Waals surface area contributed by atoms with Crippen LogP contribution in [0, 0.1) is 0 Å². The van der Waals surface area contributed by atoms with Crippen molar-refractivity contribution in [3.63, 3.8) is 0 Å². The van der Waals surface area contributed by atoms with Crippen molar-refractivity contribution in [1.82, 2.24) is 0 Å². The molecule has 2 rings (SSSR count). The molecule has 0 aliphatic rings. The summed E-state index contributed by atoms with van der Waals surface area (Å²) < 4.78 is 16.5. The Morgan fingerprint density at radius 3 is 2.37 bits per heavy atom. The summed E-state index contributed by atoms with van der Waals surface area (Å²) >= 11 is 0. The van der Waals surface area contributed by atoms with E-state index in [4.69, 9.17) is 14.2 Å². The topological polar surface area (TPSA) is 61.8 Å². The molecule has 0 aliphatic heterocycles. The van der Waals surface area contributed by atoms with Gasteiger partial charge in [-0.15, -0.1) is 0 Å². The van der Waals surface area contributed by atoms with Crippen molar-refractivity contribution in [1.29, 1.82) is 0 Å². The summed E-state index contributed by atoms with van der Waals surface area (Å²) in [5.74, 6) is 0.897. The molecule has 0 spiro atoms. The number of carbonyl (C=O) groups is 2. The Balaban J connectivity index is 2.14. The molecule has 188 valence electrons. The summed E-state index contributed by atoms with van der Waals surface area (Å²) in [6.45, 7) is 7.82. The SMILES string of the molecule is CC=C(CC)Oc1ccc(C(=O)C=Cc2ccc(CCCCCC)cc2)c(OCC(=O)OCC)c1. The van der Waals surface area contributed by atoms with Gasteiger partial charge in [0.2, 0.25) is 0 Å². The van der Waals surface area contributed by atoms with Crippen LogP contribution in [0.3, 0.4) is 0 Å². The number of esters is 1. The van der Waals surface area contributed by atoms with Crippen LogP contribution in [0.4, 0.5) is 0 Å². The van der Waals surface area contributed by atoms with E-state index < -0.39 is 5.97 Å². The minimum absolute atomic E-state index is 0.221. The third kappa shape index (κ3) is 9.81. The van der Waals surface area contributed by atoms with Gasteiger partial charge >= 0.3 is 5.97 Å². The molecule has 0 aromatic heterocycles. The first kappa shape index (κ1) is 27.9. The van der Waals surface area contributed by atoms with E-state index in [9.17, 15) is 9.59 Å². The highest BCUT2D eigenvalue weighted by Gasteiger charge is 2.14. The van der Waals surface area contributed by atoms with Crippen LogP contribution in [0.5, 0.6) is 11.5 Å². The van der Waals surface area contributed by atoms with Crippen molar-refractivity contribution in [2.75, 3.05) is 13.2 Å².